The molecule has 1 aromatic rings. The molecule has 1 aliphatic rings. The number of pyridine rings is 1. The standard InChI is InChI=1S/C17H27N5/c1-4-21-7-9-22(10-8-21)13-14(2)12-19-17-16(11-18)6-5-15(3)20-17/h5-6,14H,4,7-10,12-13H2,1-3H3,(H,19,20)/t14-/m0/s1. The maximum Gasteiger partial charge on any atom is 0.144 e. The summed E-state index contributed by atoms with van der Waals surface area (Å²) in [5, 5.41) is 12.5. The molecular formula is C17H27N5. The summed E-state index contributed by atoms with van der Waals surface area (Å²) < 4.78 is 0. The van der Waals surface area contributed by atoms with E-state index in [4.69, 9.17) is 5.26 Å². The van der Waals surface area contributed by atoms with Crippen molar-refractivity contribution in [3.8, 4) is 6.07 Å². The van der Waals surface area contributed by atoms with Crippen molar-refractivity contribution >= 4 is 5.82 Å². The minimum Gasteiger partial charge on any atom is -0.369 e. The highest BCUT2D eigenvalue weighted by atomic mass is 15.3. The Balaban J connectivity index is 1.80. The first kappa shape index (κ1) is 16.7. The topological polar surface area (TPSA) is 55.2 Å². The molecule has 0 radical (unpaired) electrons. The van der Waals surface area contributed by atoms with Crippen molar-refractivity contribution in [1.29, 1.82) is 5.26 Å². The van der Waals surface area contributed by atoms with Crippen LogP contribution in [0.3, 0.4) is 0 Å². The van der Waals surface area contributed by atoms with Gasteiger partial charge in [-0.1, -0.05) is 13.8 Å². The van der Waals surface area contributed by atoms with E-state index in [0.717, 1.165) is 38.4 Å². The van der Waals surface area contributed by atoms with Crippen molar-refractivity contribution in [2.24, 2.45) is 5.92 Å². The van der Waals surface area contributed by atoms with E-state index in [0.29, 0.717) is 17.3 Å². The van der Waals surface area contributed by atoms with E-state index >= 15 is 0 Å². The van der Waals surface area contributed by atoms with Crippen LogP contribution in [0.2, 0.25) is 0 Å². The molecule has 2 rings (SSSR count). The van der Waals surface area contributed by atoms with Crippen LogP contribution in [0.15, 0.2) is 12.1 Å². The highest BCUT2D eigenvalue weighted by Crippen LogP contribution is 2.13. The zero-order chi connectivity index (χ0) is 15.9. The molecule has 0 unspecified atom stereocenters. The Morgan fingerprint density at radius 3 is 2.59 bits per heavy atom. The maximum absolute atomic E-state index is 9.14. The van der Waals surface area contributed by atoms with Gasteiger partial charge in [0.05, 0.1) is 5.56 Å². The first-order valence-corrected chi connectivity index (χ1v) is 8.18. The second kappa shape index (κ2) is 8.11. The lowest BCUT2D eigenvalue weighted by Crippen LogP contribution is -2.47. The van der Waals surface area contributed by atoms with Crippen LogP contribution in [0.5, 0.6) is 0 Å². The monoisotopic (exact) mass is 301 g/mol. The molecule has 120 valence electrons. The fourth-order valence-electron chi connectivity index (χ4n) is 2.85. The molecule has 0 spiro atoms. The molecule has 5 nitrogen and oxygen atoms in total. The summed E-state index contributed by atoms with van der Waals surface area (Å²) in [5.74, 6) is 1.24. The lowest BCUT2D eigenvalue weighted by molar-refractivity contribution is 0.126. The Morgan fingerprint density at radius 1 is 1.27 bits per heavy atom. The second-order valence-corrected chi connectivity index (χ2v) is 6.18. The molecule has 0 aromatic carbocycles. The van der Waals surface area contributed by atoms with Crippen LogP contribution < -0.4 is 5.32 Å². The minimum absolute atomic E-state index is 0.530. The van der Waals surface area contributed by atoms with E-state index in [1.807, 2.05) is 19.1 Å². The first-order valence-electron chi connectivity index (χ1n) is 8.18. The molecule has 22 heavy (non-hydrogen) atoms. The number of hydrogen-bond donors (Lipinski definition) is 1. The molecule has 0 saturated carbocycles. The van der Waals surface area contributed by atoms with E-state index < -0.39 is 0 Å². The van der Waals surface area contributed by atoms with Gasteiger partial charge < -0.3 is 15.1 Å². The van der Waals surface area contributed by atoms with E-state index in [9.17, 15) is 0 Å². The van der Waals surface area contributed by atoms with Crippen LogP contribution >= 0.6 is 0 Å². The van der Waals surface area contributed by atoms with E-state index in [1.54, 1.807) is 0 Å². The molecule has 0 aliphatic carbocycles. The molecule has 1 saturated heterocycles. The van der Waals surface area contributed by atoms with Crippen LogP contribution in [0.25, 0.3) is 0 Å². The predicted molar refractivity (Wildman–Crippen MR) is 89.9 cm³/mol. The zero-order valence-electron chi connectivity index (χ0n) is 14.0. The minimum atomic E-state index is 0.530. The van der Waals surface area contributed by atoms with Crippen molar-refractivity contribution in [3.05, 3.63) is 23.4 Å². The third kappa shape index (κ3) is 4.69. The largest absolute Gasteiger partial charge is 0.369 e. The van der Waals surface area contributed by atoms with Gasteiger partial charge >= 0.3 is 0 Å². The average Bonchev–Trinajstić information content (AvgIpc) is 2.54. The molecule has 1 aromatic heterocycles. The van der Waals surface area contributed by atoms with Gasteiger partial charge in [0.25, 0.3) is 0 Å². The summed E-state index contributed by atoms with van der Waals surface area (Å²) >= 11 is 0. The van der Waals surface area contributed by atoms with Gasteiger partial charge in [0.15, 0.2) is 0 Å². The van der Waals surface area contributed by atoms with Crippen molar-refractivity contribution in [2.45, 2.75) is 20.8 Å². The number of hydrogen-bond acceptors (Lipinski definition) is 5. The Morgan fingerprint density at radius 2 is 1.95 bits per heavy atom. The number of aromatic nitrogens is 1. The molecule has 0 bridgehead atoms. The summed E-state index contributed by atoms with van der Waals surface area (Å²) in [4.78, 5) is 9.46. The highest BCUT2D eigenvalue weighted by molar-refractivity contribution is 5.52. The van der Waals surface area contributed by atoms with Crippen molar-refractivity contribution < 1.29 is 0 Å². The summed E-state index contributed by atoms with van der Waals surface area (Å²) in [6, 6.07) is 5.91. The average molecular weight is 301 g/mol. The van der Waals surface area contributed by atoms with Gasteiger partial charge in [-0.2, -0.15) is 5.26 Å². The summed E-state index contributed by atoms with van der Waals surface area (Å²) in [5.41, 5.74) is 1.55. The Hall–Kier alpha value is -1.64. The summed E-state index contributed by atoms with van der Waals surface area (Å²) in [6.07, 6.45) is 0. The van der Waals surface area contributed by atoms with Crippen molar-refractivity contribution in [2.75, 3.05) is 51.1 Å². The SMILES string of the molecule is CCN1CCN(C[C@@H](C)CNc2nc(C)ccc2C#N)CC1. The molecule has 1 N–H and O–H groups in total. The molecule has 2 heterocycles. The van der Waals surface area contributed by atoms with Gasteiger partial charge in [0.2, 0.25) is 0 Å². The molecule has 5 heteroatoms. The van der Waals surface area contributed by atoms with Gasteiger partial charge in [0, 0.05) is 45.0 Å². The smallest absolute Gasteiger partial charge is 0.144 e. The number of nitrogens with one attached hydrogen (secondary N) is 1. The van der Waals surface area contributed by atoms with Gasteiger partial charge in [-0.25, -0.2) is 4.98 Å². The second-order valence-electron chi connectivity index (χ2n) is 6.18. The van der Waals surface area contributed by atoms with Crippen LogP contribution in [-0.4, -0.2) is 60.6 Å². The summed E-state index contributed by atoms with van der Waals surface area (Å²) in [6.45, 7) is 14.2. The number of piperazine rings is 1. The quantitative estimate of drug-likeness (QED) is 0.870. The van der Waals surface area contributed by atoms with Gasteiger partial charge in [-0.15, -0.1) is 0 Å². The number of rotatable bonds is 6. The lowest BCUT2D eigenvalue weighted by Gasteiger charge is -2.35. The van der Waals surface area contributed by atoms with E-state index in [1.165, 1.54) is 13.1 Å². The van der Waals surface area contributed by atoms with Gasteiger partial charge in [-0.3, -0.25) is 0 Å². The summed E-state index contributed by atoms with van der Waals surface area (Å²) in [7, 11) is 0. The molecular weight excluding hydrogens is 274 g/mol. The van der Waals surface area contributed by atoms with E-state index in [-0.39, 0.29) is 0 Å². The number of anilines is 1. The number of nitrogens with zero attached hydrogens (tertiary/aromatic N) is 4. The van der Waals surface area contributed by atoms with Gasteiger partial charge in [0.1, 0.15) is 11.9 Å². The third-order valence-electron chi connectivity index (χ3n) is 4.25. The fourth-order valence-corrected chi connectivity index (χ4v) is 2.85. The Labute approximate surface area is 133 Å². The Kier molecular flexibility index (Phi) is 6.17. The number of likely N-dealkylation sites (N-methyl/N-ethyl adjacent to an activating group) is 1. The maximum atomic E-state index is 9.14. The van der Waals surface area contributed by atoms with Crippen molar-refractivity contribution in [1.82, 2.24) is 14.8 Å². The molecule has 1 atom stereocenters. The van der Waals surface area contributed by atoms with Gasteiger partial charge in [-0.05, 0) is 31.5 Å². The normalized spacial score (nSPS) is 17.9. The van der Waals surface area contributed by atoms with Crippen LogP contribution in [-0.2, 0) is 0 Å². The predicted octanol–water partition coefficient (Wildman–Crippen LogP) is 1.95. The van der Waals surface area contributed by atoms with E-state index in [2.05, 4.69) is 40.0 Å². The van der Waals surface area contributed by atoms with Crippen molar-refractivity contribution in [3.63, 3.8) is 0 Å². The van der Waals surface area contributed by atoms with Crippen LogP contribution in [0.1, 0.15) is 25.1 Å². The number of aryl methyl sites for hydroxylation is 1. The Bertz CT molecular complexity index is 514. The molecule has 0 amide bonds. The molecule has 1 fully saturated rings. The molecule has 1 aliphatic heterocycles. The third-order valence-corrected chi connectivity index (χ3v) is 4.25. The highest BCUT2D eigenvalue weighted by Gasteiger charge is 2.17. The number of nitriles is 1. The first-order chi connectivity index (χ1) is 10.6. The lowest BCUT2D eigenvalue weighted by atomic mass is 10.1. The zero-order valence-corrected chi connectivity index (χ0v) is 14.0. The fraction of sp³-hybridized carbons (Fsp3) is 0.647. The van der Waals surface area contributed by atoms with Crippen LogP contribution in [0, 0.1) is 24.2 Å². The van der Waals surface area contributed by atoms with Crippen LogP contribution in [0.4, 0.5) is 5.82 Å².